The van der Waals surface area contributed by atoms with E-state index in [0.29, 0.717) is 24.0 Å². The van der Waals surface area contributed by atoms with Gasteiger partial charge in [-0.3, -0.25) is 19.3 Å². The first kappa shape index (κ1) is 26.3. The van der Waals surface area contributed by atoms with E-state index in [1.165, 1.54) is 19.0 Å². The Morgan fingerprint density at radius 1 is 1.16 bits per heavy atom. The summed E-state index contributed by atoms with van der Waals surface area (Å²) >= 11 is 0. The second kappa shape index (κ2) is 8.14. The predicted octanol–water partition coefficient (Wildman–Crippen LogP) is 0.0303. The summed E-state index contributed by atoms with van der Waals surface area (Å²) < 4.78 is 0. The fourth-order valence-corrected chi connectivity index (χ4v) is 6.62. The Hall–Kier alpha value is -3.72. The highest BCUT2D eigenvalue weighted by atomic mass is 16.3. The number of fused-ring (bicyclic) bond motifs is 3. The maximum atomic E-state index is 14.3. The zero-order valence-corrected chi connectivity index (χ0v) is 21.2. The summed E-state index contributed by atoms with van der Waals surface area (Å²) in [7, 11) is 2.96. The van der Waals surface area contributed by atoms with Crippen LogP contribution in [-0.4, -0.2) is 68.9 Å². The van der Waals surface area contributed by atoms with Gasteiger partial charge in [-0.2, -0.15) is 5.26 Å². The molecular weight excluding hydrogens is 478 g/mol. The number of nitriles is 1. The third kappa shape index (κ3) is 3.00. The van der Waals surface area contributed by atoms with Gasteiger partial charge in [-0.1, -0.05) is 19.9 Å². The molecule has 0 heterocycles. The molecule has 9 N–H and O–H groups in total. The van der Waals surface area contributed by atoms with Gasteiger partial charge in [-0.25, -0.2) is 0 Å². The number of aliphatic hydroxyl groups is 2. The lowest BCUT2D eigenvalue weighted by Crippen LogP contribution is -2.80. The van der Waals surface area contributed by atoms with E-state index in [-0.39, 0.29) is 24.2 Å². The van der Waals surface area contributed by atoms with E-state index in [1.54, 1.807) is 6.07 Å². The van der Waals surface area contributed by atoms with Crippen molar-refractivity contribution in [1.82, 2.24) is 4.90 Å². The molecule has 1 saturated carbocycles. The second-order valence-electron chi connectivity index (χ2n) is 10.4. The van der Waals surface area contributed by atoms with Crippen molar-refractivity contribution in [1.29, 1.82) is 5.26 Å². The summed E-state index contributed by atoms with van der Waals surface area (Å²) in [6.07, 6.45) is 0.573. The Morgan fingerprint density at radius 3 is 2.24 bits per heavy atom. The first-order valence-corrected chi connectivity index (χ1v) is 12.0. The lowest BCUT2D eigenvalue weighted by atomic mass is 9.47. The molecular formula is C26H31N5O6. The third-order valence-electron chi connectivity index (χ3n) is 8.18. The highest BCUT2D eigenvalue weighted by Crippen LogP contribution is 2.58. The molecule has 0 aromatic heterocycles. The summed E-state index contributed by atoms with van der Waals surface area (Å²) in [5.74, 6) is -5.41. The van der Waals surface area contributed by atoms with Crippen molar-refractivity contribution < 1.29 is 29.7 Å². The molecule has 0 radical (unpaired) electrons. The van der Waals surface area contributed by atoms with E-state index in [4.69, 9.17) is 17.2 Å². The number of Topliss-reactive ketones (excluding diaryl/α,β-unsaturated/α-hetero) is 2. The number of aliphatic hydroxyl groups excluding tert-OH is 2. The van der Waals surface area contributed by atoms with Crippen molar-refractivity contribution in [3.05, 3.63) is 45.2 Å². The lowest BCUT2D eigenvalue weighted by molar-refractivity contribution is -0.139. The molecule has 37 heavy (non-hydrogen) atoms. The molecule has 11 heteroatoms. The number of phenolic OH excluding ortho intramolecular Hbond substituents is 1. The number of primary amides is 1. The molecule has 0 unspecified atom stereocenters. The topological polar surface area (TPSA) is 217 Å². The number of phenols is 1. The molecule has 1 aromatic rings. The molecule has 4 atom stereocenters. The predicted molar refractivity (Wildman–Crippen MR) is 133 cm³/mol. The zero-order valence-electron chi connectivity index (χ0n) is 21.2. The Morgan fingerprint density at radius 2 is 1.76 bits per heavy atom. The maximum absolute atomic E-state index is 14.3. The van der Waals surface area contributed by atoms with Crippen LogP contribution in [0, 0.1) is 16.7 Å². The van der Waals surface area contributed by atoms with E-state index in [1.807, 2.05) is 19.9 Å². The number of aryl methyl sites for hydroxylation is 2. The summed E-state index contributed by atoms with van der Waals surface area (Å²) in [5, 5.41) is 44.1. The highest BCUT2D eigenvalue weighted by molar-refractivity contribution is 6.25. The molecule has 0 aliphatic heterocycles. The molecule has 0 spiro atoms. The monoisotopic (exact) mass is 509 g/mol. The van der Waals surface area contributed by atoms with E-state index in [0.717, 1.165) is 5.56 Å². The largest absolute Gasteiger partial charge is 0.509 e. The van der Waals surface area contributed by atoms with Crippen molar-refractivity contribution in [2.24, 2.45) is 22.6 Å². The number of carbonyl (C=O) groups excluding carboxylic acids is 3. The molecule has 196 valence electrons. The molecule has 0 bridgehead atoms. The van der Waals surface area contributed by atoms with Crippen LogP contribution < -0.4 is 17.2 Å². The van der Waals surface area contributed by atoms with E-state index >= 15 is 0 Å². The van der Waals surface area contributed by atoms with Gasteiger partial charge in [-0.15, -0.1) is 0 Å². The smallest absolute Gasteiger partial charge is 0.255 e. The molecule has 3 aliphatic carbocycles. The number of ketones is 2. The number of hydrogen-bond donors (Lipinski definition) is 6. The number of carbonyl (C=O) groups is 3. The van der Waals surface area contributed by atoms with Gasteiger partial charge in [-0.05, 0) is 56.5 Å². The standard InChI is InChI=1S/C26H31N5O6/c1-5-11-7-12(6-2)17(32)14-13(11)8-24(29)9-26(30)20(31(3)4)19(34)15(23(28)37)21(35)25(26,10-27)22(36)16(24)18(14)33/h7,20,32-33,35H,5-6,8-9,29-30H2,1-4H3,(H2,28,37)/t20-,24-,25+,26-/m1/s1. The van der Waals surface area contributed by atoms with Crippen LogP contribution in [0.5, 0.6) is 5.75 Å². The minimum Gasteiger partial charge on any atom is -0.509 e. The Balaban J connectivity index is 2.15. The highest BCUT2D eigenvalue weighted by Gasteiger charge is 2.74. The zero-order chi connectivity index (χ0) is 27.8. The SMILES string of the molecule is CCc1cc(CC)c2c(c1O)C(O)=C1C(=O)[C@]3(C#N)C(O)=C(C(N)=O)C(=O)[C@@H](N(C)C)[C@]3(N)C[C@]1(N)C2. The van der Waals surface area contributed by atoms with Crippen LogP contribution in [0.2, 0.25) is 0 Å². The number of likely N-dealkylation sites (N-methyl/N-ethyl adjacent to an activating group) is 1. The summed E-state index contributed by atoms with van der Waals surface area (Å²) in [6.45, 7) is 3.73. The first-order chi connectivity index (χ1) is 17.2. The molecule has 1 aromatic carbocycles. The van der Waals surface area contributed by atoms with Gasteiger partial charge >= 0.3 is 0 Å². The Labute approximate surface area is 213 Å². The molecule has 11 nitrogen and oxygen atoms in total. The van der Waals surface area contributed by atoms with E-state index < -0.39 is 62.7 Å². The first-order valence-electron chi connectivity index (χ1n) is 12.0. The number of rotatable bonds is 4. The average molecular weight is 510 g/mol. The van der Waals surface area contributed by atoms with Gasteiger partial charge in [0.05, 0.1) is 34.3 Å². The van der Waals surface area contributed by atoms with Crippen LogP contribution >= 0.6 is 0 Å². The number of amides is 1. The van der Waals surface area contributed by atoms with Gasteiger partial charge in [0.25, 0.3) is 5.91 Å². The van der Waals surface area contributed by atoms with Crippen LogP contribution in [0.15, 0.2) is 23.0 Å². The average Bonchev–Trinajstić information content (AvgIpc) is 2.78. The number of nitrogens with zero attached hydrogens (tertiary/aromatic N) is 2. The summed E-state index contributed by atoms with van der Waals surface area (Å²) in [6, 6.07) is 2.16. The van der Waals surface area contributed by atoms with Gasteiger partial charge < -0.3 is 32.5 Å². The normalized spacial score (nSPS) is 31.1. The van der Waals surface area contributed by atoms with Crippen LogP contribution in [0.3, 0.4) is 0 Å². The van der Waals surface area contributed by atoms with Crippen LogP contribution in [0.1, 0.15) is 42.5 Å². The quantitative estimate of drug-likeness (QED) is 0.299. The number of aromatic hydroxyl groups is 1. The molecule has 4 rings (SSSR count). The fourth-order valence-electron chi connectivity index (χ4n) is 6.62. The summed E-state index contributed by atoms with van der Waals surface area (Å²) in [5.41, 5.74) is 13.2. The van der Waals surface area contributed by atoms with Crippen molar-refractivity contribution in [2.75, 3.05) is 14.1 Å². The minimum absolute atomic E-state index is 0.0316. The van der Waals surface area contributed by atoms with E-state index in [9.17, 15) is 35.0 Å². The van der Waals surface area contributed by atoms with Gasteiger partial charge in [0.15, 0.2) is 17.0 Å². The number of nitrogens with two attached hydrogens (primary N) is 3. The van der Waals surface area contributed by atoms with Crippen LogP contribution in [0.25, 0.3) is 5.76 Å². The number of hydrogen-bond acceptors (Lipinski definition) is 10. The van der Waals surface area contributed by atoms with Crippen molar-refractivity contribution in [3.8, 4) is 11.8 Å². The van der Waals surface area contributed by atoms with Crippen molar-refractivity contribution in [3.63, 3.8) is 0 Å². The second-order valence-corrected chi connectivity index (χ2v) is 10.4. The van der Waals surface area contributed by atoms with Gasteiger partial charge in [0.1, 0.15) is 22.8 Å². The molecule has 3 aliphatic rings. The molecule has 1 amide bonds. The van der Waals surface area contributed by atoms with Gasteiger partial charge in [0.2, 0.25) is 0 Å². The maximum Gasteiger partial charge on any atom is 0.255 e. The molecule has 1 fully saturated rings. The van der Waals surface area contributed by atoms with Crippen molar-refractivity contribution in [2.45, 2.75) is 56.7 Å². The fraction of sp³-hybridized carbons (Fsp3) is 0.462. The van der Waals surface area contributed by atoms with Crippen LogP contribution in [-0.2, 0) is 33.6 Å². The molecule has 0 saturated heterocycles. The van der Waals surface area contributed by atoms with E-state index in [2.05, 4.69) is 0 Å². The van der Waals surface area contributed by atoms with Gasteiger partial charge in [0, 0.05) is 0 Å². The van der Waals surface area contributed by atoms with Crippen LogP contribution in [0.4, 0.5) is 0 Å². The summed E-state index contributed by atoms with van der Waals surface area (Å²) in [4.78, 5) is 41.3. The number of benzene rings is 1. The lowest BCUT2D eigenvalue weighted by Gasteiger charge is -2.58. The Bertz CT molecular complexity index is 1390. The van der Waals surface area contributed by atoms with Crippen molar-refractivity contribution >= 4 is 23.2 Å². The minimum atomic E-state index is -2.66. The third-order valence-corrected chi connectivity index (χ3v) is 8.18. The Kier molecular flexibility index (Phi) is 5.80.